The van der Waals surface area contributed by atoms with Crippen LogP contribution in [0.4, 0.5) is 11.4 Å². The second kappa shape index (κ2) is 11.4. The van der Waals surface area contributed by atoms with E-state index < -0.39 is 23.3 Å². The Morgan fingerprint density at radius 3 is 2.33 bits per heavy atom. The number of benzene rings is 2. The molecule has 9 nitrogen and oxygen atoms in total. The zero-order valence-corrected chi connectivity index (χ0v) is 21.2. The minimum absolute atomic E-state index is 0.118. The Morgan fingerprint density at radius 1 is 1.03 bits per heavy atom. The van der Waals surface area contributed by atoms with Gasteiger partial charge < -0.3 is 9.64 Å². The molecule has 0 bridgehead atoms. The van der Waals surface area contributed by atoms with Crippen molar-refractivity contribution in [1.82, 2.24) is 14.1 Å². The molecule has 1 fully saturated rings. The van der Waals surface area contributed by atoms with Crippen molar-refractivity contribution in [3.63, 3.8) is 0 Å². The van der Waals surface area contributed by atoms with Crippen molar-refractivity contribution in [2.24, 2.45) is 10.9 Å². The van der Waals surface area contributed by atoms with Gasteiger partial charge in [0.1, 0.15) is 0 Å². The zero-order chi connectivity index (χ0) is 25.7. The van der Waals surface area contributed by atoms with E-state index in [9.17, 15) is 14.4 Å². The number of halogens is 1. The average Bonchev–Trinajstić information content (AvgIpc) is 2.90. The first-order chi connectivity index (χ1) is 17.4. The van der Waals surface area contributed by atoms with Gasteiger partial charge in [0.15, 0.2) is 0 Å². The zero-order valence-electron chi connectivity index (χ0n) is 20.4. The molecular weight excluding hydrogens is 482 g/mol. The molecule has 36 heavy (non-hydrogen) atoms. The highest BCUT2D eigenvalue weighted by atomic mass is 35.5. The van der Waals surface area contributed by atoms with Crippen LogP contribution in [-0.2, 0) is 22.6 Å². The topological polar surface area (TPSA) is 102 Å². The Labute approximate surface area is 213 Å². The molecule has 1 atom stereocenters. The van der Waals surface area contributed by atoms with Crippen LogP contribution in [0.3, 0.4) is 0 Å². The Balaban J connectivity index is 1.75. The third kappa shape index (κ3) is 5.96. The van der Waals surface area contributed by atoms with Crippen LogP contribution in [0.2, 0.25) is 5.02 Å². The number of ether oxygens (including phenoxy) is 1. The highest BCUT2D eigenvalue weighted by Gasteiger charge is 2.18. The molecule has 0 radical (unpaired) electrons. The molecular formula is C26H30ClN5O4. The standard InChI is InChI=1S/C26H30ClN5O4/c1-18(23(33)36-2)16-32-25(34)29-24(31(26(32)35)17-19-6-8-20(27)9-7-19)28-21-10-12-22(13-11-21)30-14-4-3-5-15-30/h6-13,18H,3-5,14-17H2,1-2H3,(H,28,29,34)/t18-/m1/s1. The maximum absolute atomic E-state index is 13.4. The number of carbonyl (C=O) groups excluding carboxylic acids is 1. The van der Waals surface area contributed by atoms with Crippen molar-refractivity contribution in [2.45, 2.75) is 39.3 Å². The number of esters is 1. The Hall–Kier alpha value is -3.59. The maximum atomic E-state index is 13.4. The van der Waals surface area contributed by atoms with E-state index in [1.165, 1.54) is 30.9 Å². The predicted octanol–water partition coefficient (Wildman–Crippen LogP) is 3.07. The molecule has 0 saturated carbocycles. The number of nitrogens with zero attached hydrogens (tertiary/aromatic N) is 4. The van der Waals surface area contributed by atoms with Crippen LogP contribution in [0.25, 0.3) is 0 Å². The third-order valence-electron chi connectivity index (χ3n) is 6.30. The van der Waals surface area contributed by atoms with Gasteiger partial charge >= 0.3 is 17.3 Å². The number of piperidine rings is 1. The van der Waals surface area contributed by atoms with Crippen molar-refractivity contribution in [2.75, 3.05) is 25.1 Å². The van der Waals surface area contributed by atoms with Crippen LogP contribution in [0, 0.1) is 5.92 Å². The highest BCUT2D eigenvalue weighted by molar-refractivity contribution is 6.30. The summed E-state index contributed by atoms with van der Waals surface area (Å²) in [4.78, 5) is 47.9. The summed E-state index contributed by atoms with van der Waals surface area (Å²) in [6, 6.07) is 14.8. The number of aromatic amines is 1. The number of carbonyl (C=O) groups is 1. The van der Waals surface area contributed by atoms with Crippen molar-refractivity contribution in [1.29, 1.82) is 0 Å². The van der Waals surface area contributed by atoms with Crippen LogP contribution >= 0.6 is 11.6 Å². The Kier molecular flexibility index (Phi) is 8.10. The number of rotatable bonds is 7. The molecule has 3 aromatic rings. The molecule has 0 aliphatic carbocycles. The van der Waals surface area contributed by atoms with Gasteiger partial charge in [0.25, 0.3) is 0 Å². The quantitative estimate of drug-likeness (QED) is 0.491. The van der Waals surface area contributed by atoms with Gasteiger partial charge in [0.05, 0.1) is 25.3 Å². The van der Waals surface area contributed by atoms with Crippen LogP contribution in [0.5, 0.6) is 0 Å². The minimum atomic E-state index is -0.678. The van der Waals surface area contributed by atoms with E-state index in [0.717, 1.165) is 28.9 Å². The van der Waals surface area contributed by atoms with Gasteiger partial charge in [0.2, 0.25) is 5.62 Å². The number of hydrogen-bond donors (Lipinski definition) is 1. The van der Waals surface area contributed by atoms with E-state index in [4.69, 9.17) is 16.3 Å². The molecule has 1 aromatic heterocycles. The Bertz CT molecular complexity index is 1380. The predicted molar refractivity (Wildman–Crippen MR) is 139 cm³/mol. The molecule has 0 unspecified atom stereocenters. The largest absolute Gasteiger partial charge is 0.469 e. The van der Waals surface area contributed by atoms with Crippen LogP contribution in [0.15, 0.2) is 63.1 Å². The lowest BCUT2D eigenvalue weighted by Gasteiger charge is -2.28. The van der Waals surface area contributed by atoms with Gasteiger partial charge in [-0.15, -0.1) is 0 Å². The summed E-state index contributed by atoms with van der Waals surface area (Å²) in [6.45, 7) is 3.71. The van der Waals surface area contributed by atoms with E-state index in [1.54, 1.807) is 31.2 Å². The molecule has 2 aromatic carbocycles. The van der Waals surface area contributed by atoms with E-state index >= 15 is 0 Å². The summed E-state index contributed by atoms with van der Waals surface area (Å²) in [7, 11) is 1.27. The van der Waals surface area contributed by atoms with Gasteiger partial charge in [-0.25, -0.2) is 19.1 Å². The third-order valence-corrected chi connectivity index (χ3v) is 6.55. The molecule has 2 heterocycles. The molecule has 190 valence electrons. The van der Waals surface area contributed by atoms with E-state index in [-0.39, 0.29) is 18.7 Å². The number of anilines is 1. The highest BCUT2D eigenvalue weighted by Crippen LogP contribution is 2.22. The lowest BCUT2D eigenvalue weighted by Crippen LogP contribution is -2.51. The monoisotopic (exact) mass is 511 g/mol. The first-order valence-electron chi connectivity index (χ1n) is 12.0. The van der Waals surface area contributed by atoms with Crippen molar-refractivity contribution in [3.8, 4) is 0 Å². The second-order valence-electron chi connectivity index (χ2n) is 8.96. The summed E-state index contributed by atoms with van der Waals surface area (Å²) in [5.41, 5.74) is 1.44. The van der Waals surface area contributed by atoms with Gasteiger partial charge in [-0.05, 0) is 61.2 Å². The number of hydrogen-bond acceptors (Lipinski definition) is 6. The van der Waals surface area contributed by atoms with Crippen molar-refractivity contribution in [3.05, 3.63) is 85.7 Å². The fourth-order valence-corrected chi connectivity index (χ4v) is 4.41. The molecule has 1 N–H and O–H groups in total. The summed E-state index contributed by atoms with van der Waals surface area (Å²) in [6.07, 6.45) is 3.63. The van der Waals surface area contributed by atoms with Gasteiger partial charge in [-0.1, -0.05) is 30.7 Å². The van der Waals surface area contributed by atoms with Crippen molar-refractivity contribution < 1.29 is 9.53 Å². The first-order valence-corrected chi connectivity index (χ1v) is 12.4. The smallest absolute Gasteiger partial charge is 0.335 e. The molecule has 1 aliphatic heterocycles. The summed E-state index contributed by atoms with van der Waals surface area (Å²) < 4.78 is 7.13. The van der Waals surface area contributed by atoms with Crippen LogP contribution in [-0.4, -0.2) is 40.3 Å². The SMILES string of the molecule is COC(=O)[C@H](C)Cn1c(=O)[nH]/c(=N\c2ccc(N3CCCCC3)cc2)n(Cc2ccc(Cl)cc2)c1=O. The fourth-order valence-electron chi connectivity index (χ4n) is 4.28. The van der Waals surface area contributed by atoms with Gasteiger partial charge in [-0.3, -0.25) is 14.3 Å². The minimum Gasteiger partial charge on any atom is -0.469 e. The number of aromatic nitrogens is 3. The summed E-state index contributed by atoms with van der Waals surface area (Å²) >= 11 is 6.01. The molecule has 10 heteroatoms. The molecule has 1 saturated heterocycles. The number of H-pyrrole nitrogens is 1. The number of nitrogens with one attached hydrogen (secondary N) is 1. The maximum Gasteiger partial charge on any atom is 0.335 e. The van der Waals surface area contributed by atoms with Crippen LogP contribution in [0.1, 0.15) is 31.7 Å². The van der Waals surface area contributed by atoms with E-state index in [0.29, 0.717) is 10.7 Å². The second-order valence-corrected chi connectivity index (χ2v) is 9.40. The Morgan fingerprint density at radius 2 is 1.69 bits per heavy atom. The van der Waals surface area contributed by atoms with E-state index in [1.807, 2.05) is 24.3 Å². The molecule has 0 spiro atoms. The van der Waals surface area contributed by atoms with E-state index in [2.05, 4.69) is 14.9 Å². The molecule has 0 amide bonds. The average molecular weight is 512 g/mol. The van der Waals surface area contributed by atoms with Crippen LogP contribution < -0.4 is 21.9 Å². The summed E-state index contributed by atoms with van der Waals surface area (Å²) in [5, 5.41) is 0.577. The normalized spacial score (nSPS) is 15.1. The lowest BCUT2D eigenvalue weighted by atomic mass is 10.1. The molecule has 1 aliphatic rings. The fraction of sp³-hybridized carbons (Fsp3) is 0.385. The lowest BCUT2D eigenvalue weighted by molar-refractivity contribution is -0.145. The van der Waals surface area contributed by atoms with Gasteiger partial charge in [-0.2, -0.15) is 0 Å². The first kappa shape index (κ1) is 25.5. The summed E-state index contributed by atoms with van der Waals surface area (Å²) in [5.74, 6) is -1.18. The van der Waals surface area contributed by atoms with Crippen molar-refractivity contribution >= 4 is 28.9 Å². The molecule has 4 rings (SSSR count). The number of methoxy groups -OCH3 is 1. The van der Waals surface area contributed by atoms with Gasteiger partial charge in [0, 0.05) is 30.3 Å².